The van der Waals surface area contributed by atoms with Crippen LogP contribution in [0.15, 0.2) is 54.6 Å². The van der Waals surface area contributed by atoms with Crippen molar-refractivity contribution in [1.29, 1.82) is 0 Å². The van der Waals surface area contributed by atoms with Gasteiger partial charge in [0.1, 0.15) is 5.75 Å². The van der Waals surface area contributed by atoms with Crippen molar-refractivity contribution in [3.05, 3.63) is 60.2 Å². The average Bonchev–Trinajstić information content (AvgIpc) is 3.41. The molecule has 120 valence electrons. The Labute approximate surface area is 137 Å². The highest BCUT2D eigenvalue weighted by Gasteiger charge is 2.44. The molecule has 0 spiro atoms. The van der Waals surface area contributed by atoms with E-state index in [2.05, 4.69) is 17.4 Å². The normalized spacial score (nSPS) is 14.9. The van der Waals surface area contributed by atoms with Gasteiger partial charge in [-0.25, -0.2) is 4.79 Å². The second-order valence-electron chi connectivity index (χ2n) is 6.06. The number of carbonyl (C=O) groups is 1. The third kappa shape index (κ3) is 3.31. The summed E-state index contributed by atoms with van der Waals surface area (Å²) < 4.78 is 5.20. The van der Waals surface area contributed by atoms with Crippen LogP contribution in [0.2, 0.25) is 0 Å². The maximum atomic E-state index is 12.3. The Morgan fingerprint density at radius 2 is 1.78 bits per heavy atom. The summed E-state index contributed by atoms with van der Waals surface area (Å²) in [6, 6.07) is 17.7. The van der Waals surface area contributed by atoms with Crippen LogP contribution in [0.4, 0.5) is 10.5 Å². The first-order valence-corrected chi connectivity index (χ1v) is 7.86. The average molecular weight is 310 g/mol. The minimum absolute atomic E-state index is 0.0732. The zero-order valence-electron chi connectivity index (χ0n) is 13.6. The molecule has 0 unspecified atom stereocenters. The molecule has 1 N–H and O–H groups in total. The second-order valence-corrected chi connectivity index (χ2v) is 6.06. The van der Waals surface area contributed by atoms with Crippen molar-refractivity contribution in [1.82, 2.24) is 5.32 Å². The van der Waals surface area contributed by atoms with Crippen molar-refractivity contribution in [2.45, 2.75) is 18.3 Å². The fraction of sp³-hybridized carbons (Fsp3) is 0.316. The van der Waals surface area contributed by atoms with E-state index in [9.17, 15) is 4.79 Å². The molecule has 1 aliphatic carbocycles. The van der Waals surface area contributed by atoms with E-state index in [0.29, 0.717) is 6.54 Å². The third-order valence-electron chi connectivity index (χ3n) is 4.58. The first-order chi connectivity index (χ1) is 11.1. The summed E-state index contributed by atoms with van der Waals surface area (Å²) in [6.45, 7) is 0.662. The molecule has 2 aromatic carbocycles. The van der Waals surface area contributed by atoms with Crippen molar-refractivity contribution < 1.29 is 9.53 Å². The number of nitrogens with one attached hydrogen (secondary N) is 1. The third-order valence-corrected chi connectivity index (χ3v) is 4.58. The van der Waals surface area contributed by atoms with Gasteiger partial charge in [-0.15, -0.1) is 0 Å². The van der Waals surface area contributed by atoms with Crippen LogP contribution in [0.3, 0.4) is 0 Å². The van der Waals surface area contributed by atoms with Crippen molar-refractivity contribution >= 4 is 11.7 Å². The number of benzene rings is 2. The fourth-order valence-electron chi connectivity index (χ4n) is 2.80. The van der Waals surface area contributed by atoms with Crippen molar-refractivity contribution in [2.75, 3.05) is 25.6 Å². The summed E-state index contributed by atoms with van der Waals surface area (Å²) in [5.41, 5.74) is 2.24. The zero-order chi connectivity index (χ0) is 16.3. The van der Waals surface area contributed by atoms with Crippen LogP contribution < -0.4 is 15.0 Å². The summed E-state index contributed by atoms with van der Waals surface area (Å²) in [5, 5.41) is 3.07. The Balaban J connectivity index is 1.62. The van der Waals surface area contributed by atoms with Gasteiger partial charge in [0, 0.05) is 24.7 Å². The number of rotatable bonds is 5. The summed E-state index contributed by atoms with van der Waals surface area (Å²) in [6.07, 6.45) is 2.21. The lowest BCUT2D eigenvalue weighted by atomic mass is 9.96. The predicted molar refractivity (Wildman–Crippen MR) is 92.1 cm³/mol. The Morgan fingerprint density at radius 1 is 1.13 bits per heavy atom. The molecule has 1 fully saturated rings. The molecule has 0 aromatic heterocycles. The van der Waals surface area contributed by atoms with Gasteiger partial charge in [-0.3, -0.25) is 4.90 Å². The van der Waals surface area contributed by atoms with Gasteiger partial charge in [0.25, 0.3) is 0 Å². The smallest absolute Gasteiger partial charge is 0.321 e. The molecule has 0 aliphatic heterocycles. The van der Waals surface area contributed by atoms with Crippen LogP contribution >= 0.6 is 0 Å². The first kappa shape index (κ1) is 15.4. The molecular formula is C19H22N2O2. The topological polar surface area (TPSA) is 41.6 Å². The van der Waals surface area contributed by atoms with Gasteiger partial charge in [0.2, 0.25) is 0 Å². The molecule has 4 heteroatoms. The van der Waals surface area contributed by atoms with E-state index < -0.39 is 0 Å². The molecule has 0 saturated heterocycles. The highest BCUT2D eigenvalue weighted by atomic mass is 16.5. The molecule has 4 nitrogen and oxygen atoms in total. The molecule has 0 heterocycles. The summed E-state index contributed by atoms with van der Waals surface area (Å²) >= 11 is 0. The number of carbonyl (C=O) groups excluding carboxylic acids is 1. The van der Waals surface area contributed by atoms with Gasteiger partial charge in [-0.05, 0) is 42.7 Å². The highest BCUT2D eigenvalue weighted by Crippen LogP contribution is 2.47. The van der Waals surface area contributed by atoms with E-state index in [1.807, 2.05) is 42.5 Å². The second kappa shape index (κ2) is 6.32. The molecule has 0 atom stereocenters. The molecule has 0 bridgehead atoms. The van der Waals surface area contributed by atoms with E-state index in [4.69, 9.17) is 4.74 Å². The standard InChI is InChI=1S/C19H22N2O2/c1-21(16-6-4-3-5-7-16)18(22)20-14-19(12-13-19)15-8-10-17(23-2)11-9-15/h3-11H,12-14H2,1-2H3,(H,20,22). The number of hydrogen-bond donors (Lipinski definition) is 1. The number of amides is 2. The Bertz CT molecular complexity index is 664. The lowest BCUT2D eigenvalue weighted by molar-refractivity contribution is 0.246. The van der Waals surface area contributed by atoms with Gasteiger partial charge >= 0.3 is 6.03 Å². The maximum absolute atomic E-state index is 12.3. The molecular weight excluding hydrogens is 288 g/mol. The van der Waals surface area contributed by atoms with Gasteiger partial charge in [0.05, 0.1) is 7.11 Å². The Morgan fingerprint density at radius 3 is 2.35 bits per heavy atom. The van der Waals surface area contributed by atoms with Gasteiger partial charge in [-0.1, -0.05) is 30.3 Å². The minimum Gasteiger partial charge on any atom is -0.497 e. The minimum atomic E-state index is -0.0732. The number of methoxy groups -OCH3 is 1. The predicted octanol–water partition coefficient (Wildman–Crippen LogP) is 3.57. The molecule has 23 heavy (non-hydrogen) atoms. The van der Waals surface area contributed by atoms with E-state index in [1.165, 1.54) is 5.56 Å². The summed E-state index contributed by atoms with van der Waals surface area (Å²) in [7, 11) is 3.46. The Hall–Kier alpha value is -2.49. The molecule has 2 amide bonds. The summed E-state index contributed by atoms with van der Waals surface area (Å²) in [5.74, 6) is 0.859. The van der Waals surface area contributed by atoms with Gasteiger partial charge < -0.3 is 10.1 Å². The highest BCUT2D eigenvalue weighted by molar-refractivity contribution is 5.91. The van der Waals surface area contributed by atoms with Crippen LogP contribution in [0.5, 0.6) is 5.75 Å². The van der Waals surface area contributed by atoms with Crippen LogP contribution in [-0.4, -0.2) is 26.7 Å². The first-order valence-electron chi connectivity index (χ1n) is 7.86. The van der Waals surface area contributed by atoms with Crippen LogP contribution in [-0.2, 0) is 5.41 Å². The number of ether oxygens (including phenoxy) is 1. The molecule has 2 aromatic rings. The number of nitrogens with zero attached hydrogens (tertiary/aromatic N) is 1. The summed E-state index contributed by atoms with van der Waals surface area (Å²) in [4.78, 5) is 14.0. The van der Waals surface area contributed by atoms with Gasteiger partial charge in [0.15, 0.2) is 0 Å². The quantitative estimate of drug-likeness (QED) is 0.917. The van der Waals surface area contributed by atoms with Crippen LogP contribution in [0, 0.1) is 0 Å². The lowest BCUT2D eigenvalue weighted by Crippen LogP contribution is -2.41. The number of urea groups is 1. The zero-order valence-corrected chi connectivity index (χ0v) is 13.6. The SMILES string of the molecule is COc1ccc(C2(CNC(=O)N(C)c3ccccc3)CC2)cc1. The van der Waals surface area contributed by atoms with E-state index >= 15 is 0 Å². The molecule has 3 rings (SSSR count). The van der Waals surface area contributed by atoms with E-state index in [-0.39, 0.29) is 11.4 Å². The van der Waals surface area contributed by atoms with Crippen LogP contribution in [0.25, 0.3) is 0 Å². The van der Waals surface area contributed by atoms with Gasteiger partial charge in [-0.2, -0.15) is 0 Å². The number of anilines is 1. The fourth-order valence-corrected chi connectivity index (χ4v) is 2.80. The largest absolute Gasteiger partial charge is 0.497 e. The van der Waals surface area contributed by atoms with E-state index in [1.54, 1.807) is 19.1 Å². The molecule has 1 aliphatic rings. The monoisotopic (exact) mass is 310 g/mol. The lowest BCUT2D eigenvalue weighted by Gasteiger charge is -2.21. The number of hydrogen-bond acceptors (Lipinski definition) is 2. The number of para-hydroxylation sites is 1. The molecule has 1 saturated carbocycles. The Kier molecular flexibility index (Phi) is 4.24. The van der Waals surface area contributed by atoms with Crippen molar-refractivity contribution in [2.24, 2.45) is 0 Å². The van der Waals surface area contributed by atoms with Crippen molar-refractivity contribution in [3.8, 4) is 5.75 Å². The maximum Gasteiger partial charge on any atom is 0.321 e. The van der Waals surface area contributed by atoms with E-state index in [0.717, 1.165) is 24.3 Å². The molecule has 0 radical (unpaired) electrons. The van der Waals surface area contributed by atoms with Crippen molar-refractivity contribution in [3.63, 3.8) is 0 Å². The van der Waals surface area contributed by atoms with Crippen LogP contribution in [0.1, 0.15) is 18.4 Å².